The van der Waals surface area contributed by atoms with E-state index in [0.717, 1.165) is 25.7 Å². The van der Waals surface area contributed by atoms with Crippen molar-refractivity contribution in [1.29, 1.82) is 0 Å². The van der Waals surface area contributed by atoms with Gasteiger partial charge in [-0.25, -0.2) is 0 Å². The number of aliphatic carboxylic acids is 1. The molecule has 0 spiro atoms. The quantitative estimate of drug-likeness (QED) is 0.750. The lowest BCUT2D eigenvalue weighted by molar-refractivity contribution is -0.153. The highest BCUT2D eigenvalue weighted by molar-refractivity contribution is 5.78. The minimum absolute atomic E-state index is 0.112. The monoisotopic (exact) mass is 224 g/mol. The van der Waals surface area contributed by atoms with E-state index in [1.807, 2.05) is 20.8 Å². The highest BCUT2D eigenvalue weighted by atomic mass is 16.5. The van der Waals surface area contributed by atoms with Crippen LogP contribution >= 0.6 is 0 Å². The highest BCUT2D eigenvalue weighted by Crippen LogP contribution is 2.55. The first-order valence-corrected chi connectivity index (χ1v) is 5.90. The van der Waals surface area contributed by atoms with Gasteiger partial charge < -0.3 is 9.84 Å². The van der Waals surface area contributed by atoms with Gasteiger partial charge in [-0.1, -0.05) is 5.57 Å². The van der Waals surface area contributed by atoms with Crippen LogP contribution in [0.4, 0.5) is 0 Å². The number of ether oxygens (including phenoxy) is 1. The Bertz CT molecular complexity index is 339. The molecule has 3 nitrogen and oxygen atoms in total. The number of carbonyl (C=O) groups is 1. The van der Waals surface area contributed by atoms with Crippen LogP contribution in [-0.2, 0) is 9.53 Å². The van der Waals surface area contributed by atoms with E-state index in [9.17, 15) is 4.79 Å². The minimum atomic E-state index is -0.618. The van der Waals surface area contributed by atoms with Crippen LogP contribution in [0.2, 0.25) is 0 Å². The van der Waals surface area contributed by atoms with Crippen molar-refractivity contribution in [2.45, 2.75) is 52.1 Å². The molecule has 0 heterocycles. The fraction of sp³-hybridized carbons (Fsp3) is 0.769. The Kier molecular flexibility index (Phi) is 2.61. The molecule has 0 radical (unpaired) electrons. The Morgan fingerprint density at radius 3 is 2.44 bits per heavy atom. The van der Waals surface area contributed by atoms with E-state index in [4.69, 9.17) is 9.84 Å². The van der Waals surface area contributed by atoms with Crippen molar-refractivity contribution < 1.29 is 14.6 Å². The molecule has 0 unspecified atom stereocenters. The van der Waals surface area contributed by atoms with Crippen molar-refractivity contribution in [1.82, 2.24) is 0 Å². The van der Waals surface area contributed by atoms with Crippen LogP contribution in [0.15, 0.2) is 11.1 Å². The van der Waals surface area contributed by atoms with Crippen LogP contribution in [0.3, 0.4) is 0 Å². The molecule has 90 valence electrons. The minimum Gasteiger partial charge on any atom is -0.481 e. The van der Waals surface area contributed by atoms with Gasteiger partial charge in [0.25, 0.3) is 0 Å². The van der Waals surface area contributed by atoms with Crippen LogP contribution in [0.25, 0.3) is 0 Å². The topological polar surface area (TPSA) is 46.5 Å². The summed E-state index contributed by atoms with van der Waals surface area (Å²) in [6, 6.07) is 0. The Balaban J connectivity index is 1.97. The lowest BCUT2D eigenvalue weighted by Gasteiger charge is -2.46. The molecule has 16 heavy (non-hydrogen) atoms. The number of rotatable bonds is 3. The number of carboxylic acids is 1. The van der Waals surface area contributed by atoms with E-state index in [-0.39, 0.29) is 5.60 Å². The zero-order chi connectivity index (χ0) is 12.0. The molecule has 0 aromatic rings. The van der Waals surface area contributed by atoms with Gasteiger partial charge in [-0.05, 0) is 52.0 Å². The summed E-state index contributed by atoms with van der Waals surface area (Å²) in [6.45, 7) is 6.81. The molecule has 0 aromatic carbocycles. The Hall–Kier alpha value is -0.830. The summed E-state index contributed by atoms with van der Waals surface area (Å²) in [6.07, 6.45) is 3.20. The first-order chi connectivity index (χ1) is 7.32. The lowest BCUT2D eigenvalue weighted by Crippen LogP contribution is -2.43. The molecule has 0 atom stereocenters. The SMILES string of the molecule is CC(C)(C)OCC1=C2CC(C(=O)O)(CC1)C2. The Morgan fingerprint density at radius 1 is 1.44 bits per heavy atom. The molecule has 3 heteroatoms. The molecule has 3 aliphatic rings. The molecule has 0 saturated heterocycles. The second kappa shape index (κ2) is 3.59. The van der Waals surface area contributed by atoms with Gasteiger partial charge in [0.1, 0.15) is 0 Å². The summed E-state index contributed by atoms with van der Waals surface area (Å²) in [5, 5.41) is 9.13. The molecule has 2 bridgehead atoms. The molecule has 1 N–H and O–H groups in total. The van der Waals surface area contributed by atoms with Crippen molar-refractivity contribution in [2.24, 2.45) is 5.41 Å². The van der Waals surface area contributed by atoms with E-state index in [1.165, 1.54) is 11.1 Å². The van der Waals surface area contributed by atoms with Crippen LogP contribution in [0.5, 0.6) is 0 Å². The van der Waals surface area contributed by atoms with Crippen LogP contribution in [-0.4, -0.2) is 23.3 Å². The average Bonchev–Trinajstić information content (AvgIpc) is 2.12. The first-order valence-electron chi connectivity index (χ1n) is 5.90. The number of fused-ring (bicyclic) bond motifs is 2. The third-order valence-corrected chi connectivity index (χ3v) is 3.64. The number of carboxylic acid groups (broad SMARTS) is 1. The maximum atomic E-state index is 11.1. The van der Waals surface area contributed by atoms with E-state index >= 15 is 0 Å². The second-order valence-electron chi connectivity index (χ2n) is 6.05. The summed E-state index contributed by atoms with van der Waals surface area (Å²) in [4.78, 5) is 11.1. The molecular weight excluding hydrogens is 204 g/mol. The zero-order valence-electron chi connectivity index (χ0n) is 10.3. The lowest BCUT2D eigenvalue weighted by atomic mass is 9.57. The first kappa shape index (κ1) is 11.6. The third kappa shape index (κ3) is 2.01. The summed E-state index contributed by atoms with van der Waals surface area (Å²) in [5.41, 5.74) is 2.15. The van der Waals surface area contributed by atoms with Crippen molar-refractivity contribution in [2.75, 3.05) is 6.61 Å². The van der Waals surface area contributed by atoms with Crippen LogP contribution in [0, 0.1) is 5.41 Å². The fourth-order valence-corrected chi connectivity index (χ4v) is 2.49. The van der Waals surface area contributed by atoms with Gasteiger partial charge in [0.2, 0.25) is 0 Å². The summed E-state index contributed by atoms with van der Waals surface area (Å²) in [5.74, 6) is -0.618. The van der Waals surface area contributed by atoms with Gasteiger partial charge in [0.05, 0.1) is 17.6 Å². The molecule has 0 amide bonds. The second-order valence-corrected chi connectivity index (χ2v) is 6.05. The van der Waals surface area contributed by atoms with Crippen LogP contribution in [0.1, 0.15) is 46.5 Å². The maximum Gasteiger partial charge on any atom is 0.310 e. The predicted octanol–water partition coefficient (Wildman–Crippen LogP) is 2.76. The van der Waals surface area contributed by atoms with Gasteiger partial charge in [-0.2, -0.15) is 0 Å². The number of allylic oxidation sites excluding steroid dienone is 1. The van der Waals surface area contributed by atoms with Crippen molar-refractivity contribution in [3.8, 4) is 0 Å². The van der Waals surface area contributed by atoms with Gasteiger partial charge in [-0.15, -0.1) is 0 Å². The zero-order valence-corrected chi connectivity index (χ0v) is 10.3. The summed E-state index contributed by atoms with van der Waals surface area (Å²) in [7, 11) is 0. The largest absolute Gasteiger partial charge is 0.481 e. The van der Waals surface area contributed by atoms with Gasteiger partial charge in [-0.3, -0.25) is 4.79 Å². The van der Waals surface area contributed by atoms with Crippen molar-refractivity contribution in [3.05, 3.63) is 11.1 Å². The van der Waals surface area contributed by atoms with Gasteiger partial charge in [0, 0.05) is 0 Å². The molecule has 3 aliphatic carbocycles. The average molecular weight is 224 g/mol. The van der Waals surface area contributed by atoms with E-state index in [2.05, 4.69) is 0 Å². The highest BCUT2D eigenvalue weighted by Gasteiger charge is 2.50. The summed E-state index contributed by atoms with van der Waals surface area (Å²) < 4.78 is 5.75. The van der Waals surface area contributed by atoms with E-state index in [1.54, 1.807) is 0 Å². The molecular formula is C13H20O3. The van der Waals surface area contributed by atoms with E-state index < -0.39 is 11.4 Å². The van der Waals surface area contributed by atoms with Gasteiger partial charge >= 0.3 is 5.97 Å². The van der Waals surface area contributed by atoms with E-state index in [0.29, 0.717) is 6.61 Å². The fourth-order valence-electron chi connectivity index (χ4n) is 2.49. The number of hydrogen-bond donors (Lipinski definition) is 1. The Morgan fingerprint density at radius 2 is 2.06 bits per heavy atom. The Labute approximate surface area is 96.5 Å². The smallest absolute Gasteiger partial charge is 0.310 e. The number of hydrogen-bond acceptors (Lipinski definition) is 2. The van der Waals surface area contributed by atoms with Crippen molar-refractivity contribution >= 4 is 5.97 Å². The van der Waals surface area contributed by atoms with Crippen LogP contribution < -0.4 is 0 Å². The van der Waals surface area contributed by atoms with Gasteiger partial charge in [0.15, 0.2) is 0 Å². The standard InChI is InChI=1S/C13H20O3/c1-12(2,3)16-8-9-4-5-13(11(14)15)6-10(9)7-13/h4-8H2,1-3H3,(H,14,15). The molecule has 1 saturated carbocycles. The maximum absolute atomic E-state index is 11.1. The predicted molar refractivity (Wildman–Crippen MR) is 61.3 cm³/mol. The molecule has 0 aromatic heterocycles. The molecule has 1 fully saturated rings. The molecule has 0 aliphatic heterocycles. The third-order valence-electron chi connectivity index (χ3n) is 3.64. The van der Waals surface area contributed by atoms with Crippen molar-refractivity contribution in [3.63, 3.8) is 0 Å². The summed E-state index contributed by atoms with van der Waals surface area (Å²) >= 11 is 0. The normalized spacial score (nSPS) is 22.9. The molecule has 3 rings (SSSR count).